The van der Waals surface area contributed by atoms with Crippen molar-refractivity contribution in [3.05, 3.63) is 0 Å². The fraction of sp³-hybridized carbons (Fsp3) is 1.00. The fourth-order valence-electron chi connectivity index (χ4n) is 4.12. The number of hydrogen-bond donors (Lipinski definition) is 1. The first kappa shape index (κ1) is 13.8. The quantitative estimate of drug-likeness (QED) is 0.841. The summed E-state index contributed by atoms with van der Waals surface area (Å²) in [4.78, 5) is 0. The van der Waals surface area contributed by atoms with Gasteiger partial charge in [-0.25, -0.2) is 12.7 Å². The van der Waals surface area contributed by atoms with E-state index < -0.39 is 10.0 Å². The molecule has 0 bridgehead atoms. The molecule has 5 heteroatoms. The van der Waals surface area contributed by atoms with Gasteiger partial charge in [0.25, 0.3) is 0 Å². The first-order valence-electron chi connectivity index (χ1n) is 7.82. The van der Waals surface area contributed by atoms with Crippen molar-refractivity contribution in [2.24, 2.45) is 5.41 Å². The highest BCUT2D eigenvalue weighted by molar-refractivity contribution is 7.89. The van der Waals surface area contributed by atoms with E-state index in [1.165, 1.54) is 25.7 Å². The molecule has 0 amide bonds. The SMILES string of the molecule is O=S(=O)(C1CCCNC1)N1CCC2(CCCC2)CC1. The molecule has 1 aliphatic carbocycles. The Labute approximate surface area is 117 Å². The molecular formula is C14H26N2O2S. The molecular weight excluding hydrogens is 260 g/mol. The Morgan fingerprint density at radius 2 is 1.68 bits per heavy atom. The smallest absolute Gasteiger partial charge is 0.218 e. The Bertz CT molecular complexity index is 399. The molecule has 19 heavy (non-hydrogen) atoms. The van der Waals surface area contributed by atoms with Crippen LogP contribution in [-0.2, 0) is 10.0 Å². The molecule has 1 atom stereocenters. The predicted octanol–water partition coefficient (Wildman–Crippen LogP) is 1.72. The Morgan fingerprint density at radius 3 is 2.26 bits per heavy atom. The number of nitrogens with one attached hydrogen (secondary N) is 1. The van der Waals surface area contributed by atoms with Crippen molar-refractivity contribution >= 4 is 10.0 Å². The molecule has 3 rings (SSSR count). The standard InChI is InChI=1S/C14H26N2O2S/c17-19(18,13-4-3-9-15-12-13)16-10-7-14(8-11-16)5-1-2-6-14/h13,15H,1-12H2. The molecule has 1 N–H and O–H groups in total. The summed E-state index contributed by atoms with van der Waals surface area (Å²) in [6.45, 7) is 3.14. The highest BCUT2D eigenvalue weighted by Crippen LogP contribution is 2.46. The Kier molecular flexibility index (Phi) is 3.89. The van der Waals surface area contributed by atoms with Crippen LogP contribution in [0.1, 0.15) is 51.4 Å². The van der Waals surface area contributed by atoms with Gasteiger partial charge in [-0.1, -0.05) is 12.8 Å². The first-order valence-corrected chi connectivity index (χ1v) is 9.33. The van der Waals surface area contributed by atoms with Crippen molar-refractivity contribution in [3.8, 4) is 0 Å². The Morgan fingerprint density at radius 1 is 1.00 bits per heavy atom. The number of piperidine rings is 2. The van der Waals surface area contributed by atoms with Gasteiger partial charge in [0.15, 0.2) is 0 Å². The highest BCUT2D eigenvalue weighted by atomic mass is 32.2. The van der Waals surface area contributed by atoms with Gasteiger partial charge in [0, 0.05) is 19.6 Å². The number of hydrogen-bond acceptors (Lipinski definition) is 3. The second-order valence-corrected chi connectivity index (χ2v) is 8.83. The van der Waals surface area contributed by atoms with Crippen LogP contribution in [0.3, 0.4) is 0 Å². The fourth-order valence-corrected chi connectivity index (χ4v) is 6.03. The maximum absolute atomic E-state index is 12.6. The van der Waals surface area contributed by atoms with E-state index in [4.69, 9.17) is 0 Å². The number of sulfonamides is 1. The van der Waals surface area contributed by atoms with Crippen molar-refractivity contribution < 1.29 is 8.42 Å². The average Bonchev–Trinajstić information content (AvgIpc) is 2.89. The van der Waals surface area contributed by atoms with Gasteiger partial charge in [-0.3, -0.25) is 0 Å². The van der Waals surface area contributed by atoms with E-state index in [9.17, 15) is 8.42 Å². The third-order valence-electron chi connectivity index (χ3n) is 5.48. The van der Waals surface area contributed by atoms with E-state index in [-0.39, 0.29) is 5.25 Å². The lowest BCUT2D eigenvalue weighted by Gasteiger charge is -2.40. The van der Waals surface area contributed by atoms with Crippen molar-refractivity contribution in [2.75, 3.05) is 26.2 Å². The van der Waals surface area contributed by atoms with E-state index >= 15 is 0 Å². The van der Waals surface area contributed by atoms with Gasteiger partial charge in [0.05, 0.1) is 5.25 Å². The van der Waals surface area contributed by atoms with Crippen LogP contribution in [0, 0.1) is 5.41 Å². The van der Waals surface area contributed by atoms with Gasteiger partial charge in [0.2, 0.25) is 10.0 Å². The van der Waals surface area contributed by atoms with E-state index in [0.29, 0.717) is 12.0 Å². The topological polar surface area (TPSA) is 49.4 Å². The van der Waals surface area contributed by atoms with Crippen LogP contribution < -0.4 is 5.32 Å². The van der Waals surface area contributed by atoms with Gasteiger partial charge >= 0.3 is 0 Å². The molecule has 1 unspecified atom stereocenters. The molecule has 0 aromatic rings. The lowest BCUT2D eigenvalue weighted by Crippen LogP contribution is -2.49. The van der Waals surface area contributed by atoms with Crippen LogP contribution in [0.4, 0.5) is 0 Å². The number of rotatable bonds is 2. The molecule has 2 saturated heterocycles. The third-order valence-corrected chi connectivity index (χ3v) is 7.81. The normalized spacial score (nSPS) is 32.7. The van der Waals surface area contributed by atoms with Gasteiger partial charge in [-0.2, -0.15) is 0 Å². The van der Waals surface area contributed by atoms with Crippen molar-refractivity contribution in [3.63, 3.8) is 0 Å². The minimum atomic E-state index is -3.06. The monoisotopic (exact) mass is 286 g/mol. The van der Waals surface area contributed by atoms with Gasteiger partial charge in [-0.15, -0.1) is 0 Å². The van der Waals surface area contributed by atoms with Crippen molar-refractivity contribution in [1.82, 2.24) is 9.62 Å². The predicted molar refractivity (Wildman–Crippen MR) is 76.5 cm³/mol. The highest BCUT2D eigenvalue weighted by Gasteiger charge is 2.41. The van der Waals surface area contributed by atoms with Gasteiger partial charge < -0.3 is 5.32 Å². The summed E-state index contributed by atoms with van der Waals surface area (Å²) in [5, 5.41) is 3.04. The summed E-state index contributed by atoms with van der Waals surface area (Å²) in [6, 6.07) is 0. The summed E-state index contributed by atoms with van der Waals surface area (Å²) in [5.74, 6) is 0. The molecule has 2 aliphatic heterocycles. The molecule has 4 nitrogen and oxygen atoms in total. The first-order chi connectivity index (χ1) is 9.12. The second-order valence-electron chi connectivity index (χ2n) is 6.62. The molecule has 2 heterocycles. The zero-order chi connectivity index (χ0) is 13.3. The molecule has 1 saturated carbocycles. The lowest BCUT2D eigenvalue weighted by molar-refractivity contribution is 0.159. The van der Waals surface area contributed by atoms with Crippen LogP contribution in [0.5, 0.6) is 0 Å². The maximum Gasteiger partial charge on any atom is 0.218 e. The third kappa shape index (κ3) is 2.69. The molecule has 1 spiro atoms. The Hall–Kier alpha value is -0.130. The molecule has 110 valence electrons. The molecule has 0 radical (unpaired) electrons. The van der Waals surface area contributed by atoms with Crippen LogP contribution in [0.2, 0.25) is 0 Å². The summed E-state index contributed by atoms with van der Waals surface area (Å²) >= 11 is 0. The van der Waals surface area contributed by atoms with Crippen LogP contribution in [0.25, 0.3) is 0 Å². The minimum Gasteiger partial charge on any atom is -0.315 e. The summed E-state index contributed by atoms with van der Waals surface area (Å²) in [5.41, 5.74) is 0.497. The van der Waals surface area contributed by atoms with Crippen molar-refractivity contribution in [2.45, 2.75) is 56.6 Å². The Balaban J connectivity index is 1.63. The molecule has 0 aromatic carbocycles. The minimum absolute atomic E-state index is 0.182. The zero-order valence-corrected chi connectivity index (χ0v) is 12.6. The zero-order valence-electron chi connectivity index (χ0n) is 11.7. The summed E-state index contributed by atoms with van der Waals surface area (Å²) in [7, 11) is -3.06. The molecule has 3 aliphatic rings. The van der Waals surface area contributed by atoms with E-state index in [1.807, 2.05) is 0 Å². The van der Waals surface area contributed by atoms with Crippen LogP contribution in [0.15, 0.2) is 0 Å². The largest absolute Gasteiger partial charge is 0.315 e. The van der Waals surface area contributed by atoms with Crippen molar-refractivity contribution in [1.29, 1.82) is 0 Å². The second kappa shape index (κ2) is 5.34. The molecule has 3 fully saturated rings. The van der Waals surface area contributed by atoms with Gasteiger partial charge in [0.1, 0.15) is 0 Å². The van der Waals surface area contributed by atoms with Crippen LogP contribution in [-0.4, -0.2) is 44.2 Å². The maximum atomic E-state index is 12.6. The lowest BCUT2D eigenvalue weighted by atomic mass is 9.78. The van der Waals surface area contributed by atoms with E-state index in [2.05, 4.69) is 5.32 Å². The van der Waals surface area contributed by atoms with Gasteiger partial charge in [-0.05, 0) is 50.5 Å². The average molecular weight is 286 g/mol. The molecule has 0 aromatic heterocycles. The van der Waals surface area contributed by atoms with E-state index in [1.54, 1.807) is 4.31 Å². The van der Waals surface area contributed by atoms with Crippen LogP contribution >= 0.6 is 0 Å². The summed E-state index contributed by atoms with van der Waals surface area (Å²) < 4.78 is 27.0. The number of nitrogens with zero attached hydrogens (tertiary/aromatic N) is 1. The summed E-state index contributed by atoms with van der Waals surface area (Å²) in [6.07, 6.45) is 9.34. The van der Waals surface area contributed by atoms with E-state index in [0.717, 1.165) is 45.3 Å².